The van der Waals surface area contributed by atoms with Gasteiger partial charge in [-0.3, -0.25) is 9.59 Å². The maximum absolute atomic E-state index is 13.6. The van der Waals surface area contributed by atoms with E-state index in [0.29, 0.717) is 41.5 Å². The summed E-state index contributed by atoms with van der Waals surface area (Å²) in [5.74, 6) is -0.155. The lowest BCUT2D eigenvalue weighted by Crippen LogP contribution is -2.54. The van der Waals surface area contributed by atoms with Gasteiger partial charge < -0.3 is 15.5 Å². The highest BCUT2D eigenvalue weighted by atomic mass is 32.2. The van der Waals surface area contributed by atoms with Gasteiger partial charge in [-0.2, -0.15) is 0 Å². The van der Waals surface area contributed by atoms with Crippen LogP contribution in [-0.2, 0) is 14.8 Å². The van der Waals surface area contributed by atoms with Crippen LogP contribution in [0.2, 0.25) is 0 Å². The first-order valence-corrected chi connectivity index (χ1v) is 14.7. The van der Waals surface area contributed by atoms with Crippen LogP contribution >= 0.6 is 0 Å². The van der Waals surface area contributed by atoms with E-state index in [9.17, 15) is 18.0 Å². The van der Waals surface area contributed by atoms with Crippen molar-refractivity contribution < 1.29 is 18.0 Å². The Morgan fingerprint density at radius 1 is 0.974 bits per heavy atom. The largest absolute Gasteiger partial charge is 0.341 e. The molecule has 9 heteroatoms. The Morgan fingerprint density at radius 3 is 2.47 bits per heavy atom. The van der Waals surface area contributed by atoms with Gasteiger partial charge in [-0.25, -0.2) is 13.1 Å². The molecule has 2 aliphatic rings. The molecule has 0 aromatic heterocycles. The molecule has 2 fully saturated rings. The zero-order valence-electron chi connectivity index (χ0n) is 21.7. The number of hydrogen-bond acceptors (Lipinski definition) is 5. The van der Waals surface area contributed by atoms with Crippen molar-refractivity contribution in [2.75, 3.05) is 25.0 Å². The molecule has 2 saturated heterocycles. The van der Waals surface area contributed by atoms with E-state index in [4.69, 9.17) is 0 Å². The van der Waals surface area contributed by atoms with E-state index in [1.165, 1.54) is 0 Å². The van der Waals surface area contributed by atoms with Gasteiger partial charge in [-0.1, -0.05) is 49.4 Å². The molecule has 3 N–H and O–H groups in total. The molecule has 3 atom stereocenters. The van der Waals surface area contributed by atoms with Crippen LogP contribution in [0.25, 0.3) is 10.8 Å². The Balaban J connectivity index is 1.34. The summed E-state index contributed by atoms with van der Waals surface area (Å²) in [4.78, 5) is 27.8. The molecule has 3 aromatic carbocycles. The zero-order valence-corrected chi connectivity index (χ0v) is 22.6. The number of amides is 2. The Morgan fingerprint density at radius 2 is 1.74 bits per heavy atom. The van der Waals surface area contributed by atoms with Crippen molar-refractivity contribution in [3.63, 3.8) is 0 Å². The third-order valence-electron chi connectivity index (χ3n) is 7.69. The number of nitrogens with one attached hydrogen (secondary N) is 3. The van der Waals surface area contributed by atoms with Crippen molar-refractivity contribution in [2.45, 2.75) is 50.1 Å². The summed E-state index contributed by atoms with van der Waals surface area (Å²) in [6.45, 7) is 5.77. The van der Waals surface area contributed by atoms with Crippen LogP contribution in [0, 0.1) is 12.8 Å². The lowest BCUT2D eigenvalue weighted by molar-refractivity contribution is -0.135. The second kappa shape index (κ2) is 10.8. The van der Waals surface area contributed by atoms with Crippen molar-refractivity contribution in [1.82, 2.24) is 14.9 Å². The fourth-order valence-corrected chi connectivity index (χ4v) is 7.14. The fraction of sp³-hybridized carbons (Fsp3) is 0.379. The van der Waals surface area contributed by atoms with Gasteiger partial charge in [0, 0.05) is 41.2 Å². The molecule has 0 spiro atoms. The van der Waals surface area contributed by atoms with Gasteiger partial charge in [-0.05, 0) is 62.4 Å². The van der Waals surface area contributed by atoms with E-state index in [2.05, 4.69) is 15.4 Å². The highest BCUT2D eigenvalue weighted by Gasteiger charge is 2.35. The van der Waals surface area contributed by atoms with Crippen LogP contribution in [0.15, 0.2) is 65.6 Å². The number of fused-ring (bicyclic) bond motifs is 1. The number of aryl methyl sites for hydroxylation is 1. The highest BCUT2D eigenvalue weighted by molar-refractivity contribution is 7.89. The number of benzene rings is 3. The summed E-state index contributed by atoms with van der Waals surface area (Å²) >= 11 is 0. The molecule has 38 heavy (non-hydrogen) atoms. The third kappa shape index (κ3) is 5.32. The van der Waals surface area contributed by atoms with Crippen molar-refractivity contribution in [3.8, 4) is 0 Å². The first kappa shape index (κ1) is 26.3. The summed E-state index contributed by atoms with van der Waals surface area (Å²) in [5, 5.41) is 7.39. The second-order valence-electron chi connectivity index (χ2n) is 10.4. The minimum absolute atomic E-state index is 0.0252. The van der Waals surface area contributed by atoms with Crippen LogP contribution in [-0.4, -0.2) is 56.9 Å². The maximum Gasteiger partial charge on any atom is 0.255 e. The molecule has 200 valence electrons. The van der Waals surface area contributed by atoms with E-state index in [1.807, 2.05) is 43.0 Å². The number of likely N-dealkylation sites (tertiary alicyclic amines) is 1. The molecule has 8 nitrogen and oxygen atoms in total. The molecule has 0 aliphatic carbocycles. The molecule has 2 heterocycles. The number of rotatable bonds is 6. The lowest BCUT2D eigenvalue weighted by atomic mass is 9.94. The van der Waals surface area contributed by atoms with Gasteiger partial charge in [0.2, 0.25) is 15.9 Å². The molecule has 2 aliphatic heterocycles. The van der Waals surface area contributed by atoms with Crippen molar-refractivity contribution in [2.24, 2.45) is 5.92 Å². The normalized spacial score (nSPS) is 21.9. The quantitative estimate of drug-likeness (QED) is 0.447. The van der Waals surface area contributed by atoms with E-state index < -0.39 is 10.0 Å². The van der Waals surface area contributed by atoms with E-state index in [-0.39, 0.29) is 34.7 Å². The smallest absolute Gasteiger partial charge is 0.255 e. The van der Waals surface area contributed by atoms with Crippen LogP contribution in [0.5, 0.6) is 0 Å². The molecule has 5 rings (SSSR count). The molecule has 3 aromatic rings. The summed E-state index contributed by atoms with van der Waals surface area (Å²) in [7, 11) is -3.86. The van der Waals surface area contributed by atoms with E-state index in [0.717, 1.165) is 24.9 Å². The van der Waals surface area contributed by atoms with Gasteiger partial charge >= 0.3 is 0 Å². The van der Waals surface area contributed by atoms with Gasteiger partial charge in [0.05, 0.1) is 10.9 Å². The molecule has 3 unspecified atom stereocenters. The van der Waals surface area contributed by atoms with Crippen LogP contribution in [0.4, 0.5) is 5.69 Å². The van der Waals surface area contributed by atoms with Crippen LogP contribution < -0.4 is 15.4 Å². The first-order valence-electron chi connectivity index (χ1n) is 13.2. The van der Waals surface area contributed by atoms with Crippen LogP contribution in [0.3, 0.4) is 0 Å². The zero-order chi connectivity index (χ0) is 26.9. The monoisotopic (exact) mass is 534 g/mol. The minimum atomic E-state index is -3.86. The van der Waals surface area contributed by atoms with Crippen molar-refractivity contribution in [1.29, 1.82) is 0 Å². The van der Waals surface area contributed by atoms with Gasteiger partial charge in [-0.15, -0.1) is 0 Å². The highest BCUT2D eigenvalue weighted by Crippen LogP contribution is 2.30. The molecule has 0 saturated carbocycles. The number of anilines is 1. The topological polar surface area (TPSA) is 108 Å². The lowest BCUT2D eigenvalue weighted by Gasteiger charge is -2.38. The Labute approximate surface area is 223 Å². The predicted molar refractivity (Wildman–Crippen MR) is 149 cm³/mol. The van der Waals surface area contributed by atoms with Gasteiger partial charge in [0.1, 0.15) is 0 Å². The van der Waals surface area contributed by atoms with Gasteiger partial charge in [0.15, 0.2) is 0 Å². The summed E-state index contributed by atoms with van der Waals surface area (Å²) in [6, 6.07) is 17.3. The Hall–Kier alpha value is -3.27. The second-order valence-corrected chi connectivity index (χ2v) is 12.0. The third-order valence-corrected chi connectivity index (χ3v) is 9.24. The van der Waals surface area contributed by atoms with E-state index >= 15 is 0 Å². The first-order chi connectivity index (χ1) is 18.2. The number of hydrogen-bond donors (Lipinski definition) is 3. The SMILES string of the molecule is Cc1ccccc1C(=O)Nc1cccc2c(S(=O)(=O)NC3CCN(C(=O)C4CCCN4)CC3C)cccc12. The number of carbonyl (C=O) groups excluding carboxylic acids is 2. The number of piperidine rings is 1. The average molecular weight is 535 g/mol. The van der Waals surface area contributed by atoms with Gasteiger partial charge in [0.25, 0.3) is 5.91 Å². The number of sulfonamides is 1. The Bertz CT molecular complexity index is 1470. The van der Waals surface area contributed by atoms with Crippen molar-refractivity contribution in [3.05, 3.63) is 71.8 Å². The number of carbonyl (C=O) groups is 2. The molecular formula is C29H34N4O4S. The average Bonchev–Trinajstić information content (AvgIpc) is 3.44. The van der Waals surface area contributed by atoms with Crippen molar-refractivity contribution >= 4 is 38.3 Å². The molecule has 0 radical (unpaired) electrons. The molecular weight excluding hydrogens is 500 g/mol. The number of nitrogens with zero attached hydrogens (tertiary/aromatic N) is 1. The predicted octanol–water partition coefficient (Wildman–Crippen LogP) is 3.67. The molecule has 0 bridgehead atoms. The summed E-state index contributed by atoms with van der Waals surface area (Å²) < 4.78 is 30.1. The standard InChI is InChI=1S/C29H34N4O4S/c1-19-8-3-4-9-21(19)28(34)31-25-12-5-11-23-22(25)10-6-14-27(23)38(36,37)32-24-15-17-33(18-20(24)2)29(35)26-13-7-16-30-26/h3-6,8-12,14,20,24,26,30,32H,7,13,15-18H2,1-2H3,(H,31,34). The van der Waals surface area contributed by atoms with Crippen LogP contribution in [0.1, 0.15) is 42.1 Å². The summed E-state index contributed by atoms with van der Waals surface area (Å²) in [5.41, 5.74) is 1.98. The Kier molecular flexibility index (Phi) is 7.52. The minimum Gasteiger partial charge on any atom is -0.341 e. The van der Waals surface area contributed by atoms with E-state index in [1.54, 1.807) is 36.4 Å². The fourth-order valence-electron chi connectivity index (χ4n) is 5.54. The summed E-state index contributed by atoms with van der Waals surface area (Å²) in [6.07, 6.45) is 2.42. The molecule has 2 amide bonds. The maximum atomic E-state index is 13.6.